The third-order valence-corrected chi connectivity index (χ3v) is 4.54. The largest absolute Gasteiger partial charge is 0.495 e. The first kappa shape index (κ1) is 20.3. The monoisotopic (exact) mass is 397 g/mol. The van der Waals surface area contributed by atoms with Crippen molar-refractivity contribution in [2.75, 3.05) is 38.0 Å². The average molecular weight is 397 g/mol. The van der Waals surface area contributed by atoms with Gasteiger partial charge in [-0.3, -0.25) is 14.4 Å². The van der Waals surface area contributed by atoms with Gasteiger partial charge in [0, 0.05) is 37.9 Å². The third kappa shape index (κ3) is 4.91. The van der Waals surface area contributed by atoms with Crippen LogP contribution in [0.1, 0.15) is 22.3 Å². The Labute approximate surface area is 168 Å². The van der Waals surface area contributed by atoms with Crippen molar-refractivity contribution in [3.8, 4) is 5.75 Å². The maximum Gasteiger partial charge on any atom is 0.254 e. The highest BCUT2D eigenvalue weighted by Crippen LogP contribution is 2.28. The van der Waals surface area contributed by atoms with Crippen molar-refractivity contribution in [1.82, 2.24) is 4.90 Å². The second-order valence-corrected chi connectivity index (χ2v) is 6.58. The highest BCUT2D eigenvalue weighted by atomic mass is 16.5. The Balaban J connectivity index is 1.58. The topological polar surface area (TPSA) is 97.0 Å². The number of rotatable bonds is 8. The zero-order chi connectivity index (χ0) is 20.8. The van der Waals surface area contributed by atoms with Crippen LogP contribution < -0.4 is 15.4 Å². The minimum absolute atomic E-state index is 0.0546. The quantitative estimate of drug-likeness (QED) is 0.712. The van der Waals surface area contributed by atoms with Crippen LogP contribution in [0.15, 0.2) is 42.5 Å². The van der Waals surface area contributed by atoms with E-state index in [2.05, 4.69) is 10.6 Å². The molecule has 0 saturated heterocycles. The molecular formula is C21H23N3O5. The van der Waals surface area contributed by atoms with Gasteiger partial charge in [0.15, 0.2) is 0 Å². The standard InChI is InChI=1S/C21H23N3O5/c1-28-13-20(26)23-17-11-15(7-8-18(17)29-2)22-19(25)9-10-24-12-14-5-3-4-6-16(14)21(24)27/h3-8,11H,9-10,12-13H2,1-2H3,(H,22,25)(H,23,26). The van der Waals surface area contributed by atoms with E-state index in [-0.39, 0.29) is 30.7 Å². The molecule has 3 rings (SSSR count). The number of fused-ring (bicyclic) bond motifs is 1. The van der Waals surface area contributed by atoms with Crippen molar-refractivity contribution in [3.63, 3.8) is 0 Å². The van der Waals surface area contributed by atoms with Gasteiger partial charge >= 0.3 is 0 Å². The molecule has 1 aliphatic heterocycles. The Bertz CT molecular complexity index is 928. The summed E-state index contributed by atoms with van der Waals surface area (Å²) >= 11 is 0. The molecule has 152 valence electrons. The molecule has 3 amide bonds. The number of hydrogen-bond acceptors (Lipinski definition) is 5. The van der Waals surface area contributed by atoms with Crippen LogP contribution in [-0.2, 0) is 20.9 Å². The lowest BCUT2D eigenvalue weighted by Crippen LogP contribution is -2.28. The number of ether oxygens (including phenoxy) is 2. The molecule has 0 radical (unpaired) electrons. The molecule has 8 heteroatoms. The van der Waals surface area contributed by atoms with Gasteiger partial charge < -0.3 is 25.0 Å². The average Bonchev–Trinajstić information content (AvgIpc) is 3.03. The van der Waals surface area contributed by atoms with E-state index in [4.69, 9.17) is 9.47 Å². The van der Waals surface area contributed by atoms with Crippen molar-refractivity contribution >= 4 is 29.1 Å². The van der Waals surface area contributed by atoms with Crippen LogP contribution in [0.2, 0.25) is 0 Å². The predicted molar refractivity (Wildman–Crippen MR) is 108 cm³/mol. The molecule has 0 saturated carbocycles. The maximum atomic E-state index is 12.4. The number of benzene rings is 2. The van der Waals surface area contributed by atoms with Crippen molar-refractivity contribution in [3.05, 3.63) is 53.6 Å². The summed E-state index contributed by atoms with van der Waals surface area (Å²) in [7, 11) is 2.92. The predicted octanol–water partition coefficient (Wildman–Crippen LogP) is 2.26. The molecule has 0 unspecified atom stereocenters. The van der Waals surface area contributed by atoms with Crippen LogP contribution in [0, 0.1) is 0 Å². The van der Waals surface area contributed by atoms with Crippen molar-refractivity contribution in [2.45, 2.75) is 13.0 Å². The van der Waals surface area contributed by atoms with Gasteiger partial charge in [0.1, 0.15) is 12.4 Å². The summed E-state index contributed by atoms with van der Waals surface area (Å²) in [4.78, 5) is 38.2. The number of hydrogen-bond donors (Lipinski definition) is 2. The van der Waals surface area contributed by atoms with Gasteiger partial charge in [0.25, 0.3) is 5.91 Å². The molecule has 2 N–H and O–H groups in total. The van der Waals surface area contributed by atoms with Crippen LogP contribution in [0.5, 0.6) is 5.75 Å². The molecular weight excluding hydrogens is 374 g/mol. The number of amides is 3. The second kappa shape index (κ2) is 9.20. The Hall–Kier alpha value is -3.39. The van der Waals surface area contributed by atoms with E-state index in [1.54, 1.807) is 29.2 Å². The molecule has 1 aliphatic rings. The third-order valence-electron chi connectivity index (χ3n) is 4.54. The molecule has 0 atom stereocenters. The van der Waals surface area contributed by atoms with Crippen LogP contribution in [-0.4, -0.2) is 50.0 Å². The minimum Gasteiger partial charge on any atom is -0.495 e. The lowest BCUT2D eigenvalue weighted by atomic mass is 10.1. The van der Waals surface area contributed by atoms with E-state index in [9.17, 15) is 14.4 Å². The van der Waals surface area contributed by atoms with Gasteiger partial charge in [0.2, 0.25) is 11.8 Å². The molecule has 0 aromatic heterocycles. The van der Waals surface area contributed by atoms with Crippen molar-refractivity contribution in [1.29, 1.82) is 0 Å². The summed E-state index contributed by atoms with van der Waals surface area (Å²) in [6, 6.07) is 12.4. The Morgan fingerprint density at radius 1 is 1.07 bits per heavy atom. The molecule has 0 fully saturated rings. The van der Waals surface area contributed by atoms with Crippen LogP contribution in [0.3, 0.4) is 0 Å². The number of carbonyl (C=O) groups excluding carboxylic acids is 3. The van der Waals surface area contributed by atoms with E-state index < -0.39 is 0 Å². The summed E-state index contributed by atoms with van der Waals surface area (Å²) in [5.41, 5.74) is 2.61. The summed E-state index contributed by atoms with van der Waals surface area (Å²) in [5, 5.41) is 5.46. The lowest BCUT2D eigenvalue weighted by Gasteiger charge is -2.16. The number of carbonyl (C=O) groups is 3. The molecule has 0 aliphatic carbocycles. The first-order chi connectivity index (χ1) is 14.0. The van der Waals surface area contributed by atoms with Gasteiger partial charge in [-0.25, -0.2) is 0 Å². The Morgan fingerprint density at radius 3 is 2.59 bits per heavy atom. The molecule has 29 heavy (non-hydrogen) atoms. The molecule has 8 nitrogen and oxygen atoms in total. The Morgan fingerprint density at radius 2 is 1.86 bits per heavy atom. The summed E-state index contributed by atoms with van der Waals surface area (Å²) in [6.07, 6.45) is 0.164. The van der Waals surface area contributed by atoms with Gasteiger partial charge in [-0.2, -0.15) is 0 Å². The van der Waals surface area contributed by atoms with Crippen LogP contribution >= 0.6 is 0 Å². The summed E-state index contributed by atoms with van der Waals surface area (Å²) in [5.74, 6) is -0.150. The van der Waals surface area contributed by atoms with Gasteiger partial charge in [-0.05, 0) is 29.8 Å². The molecule has 1 heterocycles. The smallest absolute Gasteiger partial charge is 0.254 e. The normalized spacial score (nSPS) is 12.5. The van der Waals surface area contributed by atoms with Crippen molar-refractivity contribution in [2.24, 2.45) is 0 Å². The SMILES string of the molecule is COCC(=O)Nc1cc(NC(=O)CCN2Cc3ccccc3C2=O)ccc1OC. The molecule has 0 spiro atoms. The molecule has 2 aromatic carbocycles. The van der Waals surface area contributed by atoms with E-state index in [0.717, 1.165) is 5.56 Å². The summed E-state index contributed by atoms with van der Waals surface area (Å²) < 4.78 is 10.0. The number of nitrogens with zero attached hydrogens (tertiary/aromatic N) is 1. The summed E-state index contributed by atoms with van der Waals surface area (Å²) in [6.45, 7) is 0.749. The van der Waals surface area contributed by atoms with E-state index in [1.165, 1.54) is 14.2 Å². The first-order valence-corrected chi connectivity index (χ1v) is 9.15. The van der Waals surface area contributed by atoms with Crippen molar-refractivity contribution < 1.29 is 23.9 Å². The number of nitrogens with one attached hydrogen (secondary N) is 2. The zero-order valence-electron chi connectivity index (χ0n) is 16.4. The van der Waals surface area contributed by atoms with Gasteiger partial charge in [-0.1, -0.05) is 18.2 Å². The van der Waals surface area contributed by atoms with E-state index in [0.29, 0.717) is 35.8 Å². The molecule has 2 aromatic rings. The maximum absolute atomic E-state index is 12.4. The molecule has 0 bridgehead atoms. The van der Waals surface area contributed by atoms with Gasteiger partial charge in [-0.15, -0.1) is 0 Å². The zero-order valence-corrected chi connectivity index (χ0v) is 16.4. The fourth-order valence-corrected chi connectivity index (χ4v) is 3.16. The fraction of sp³-hybridized carbons (Fsp3) is 0.286. The minimum atomic E-state index is -0.332. The lowest BCUT2D eigenvalue weighted by molar-refractivity contribution is -0.119. The second-order valence-electron chi connectivity index (χ2n) is 6.58. The number of methoxy groups -OCH3 is 2. The fourth-order valence-electron chi connectivity index (χ4n) is 3.16. The highest BCUT2D eigenvalue weighted by molar-refractivity contribution is 5.99. The first-order valence-electron chi connectivity index (χ1n) is 9.15. The van der Waals surface area contributed by atoms with E-state index >= 15 is 0 Å². The van der Waals surface area contributed by atoms with E-state index in [1.807, 2.05) is 18.2 Å². The van der Waals surface area contributed by atoms with Crippen LogP contribution in [0.25, 0.3) is 0 Å². The Kier molecular flexibility index (Phi) is 6.46. The van der Waals surface area contributed by atoms with Crippen LogP contribution in [0.4, 0.5) is 11.4 Å². The highest BCUT2D eigenvalue weighted by Gasteiger charge is 2.26. The van der Waals surface area contributed by atoms with Gasteiger partial charge in [0.05, 0.1) is 12.8 Å². The number of anilines is 2.